The van der Waals surface area contributed by atoms with Gasteiger partial charge in [-0.3, -0.25) is 4.79 Å². The van der Waals surface area contributed by atoms with E-state index in [0.29, 0.717) is 6.04 Å². The lowest BCUT2D eigenvalue weighted by atomic mass is 10.0. The fraction of sp³-hybridized carbons (Fsp3) is 0.300. The molecule has 2 heterocycles. The smallest absolute Gasteiger partial charge is 0.146 e. The van der Waals surface area contributed by atoms with Gasteiger partial charge in [-0.15, -0.1) is 0 Å². The monoisotopic (exact) mass is 161 g/mol. The van der Waals surface area contributed by atoms with E-state index in [4.69, 9.17) is 0 Å². The molecule has 0 bridgehead atoms. The maximum absolute atomic E-state index is 10.6. The Morgan fingerprint density at radius 2 is 2.50 bits per heavy atom. The molecule has 0 spiro atoms. The van der Waals surface area contributed by atoms with Crippen LogP contribution in [-0.4, -0.2) is 10.9 Å². The predicted molar refractivity (Wildman–Crippen MR) is 47.8 cm³/mol. The van der Waals surface area contributed by atoms with E-state index in [1.54, 1.807) is 0 Å². The minimum absolute atomic E-state index is 0.417. The molecule has 1 aromatic rings. The number of nitrogens with zero attached hydrogens (tertiary/aromatic N) is 1. The van der Waals surface area contributed by atoms with Gasteiger partial charge in [0.15, 0.2) is 0 Å². The molecule has 1 aliphatic rings. The summed E-state index contributed by atoms with van der Waals surface area (Å²) in [7, 11) is 0. The average Bonchev–Trinajstić information content (AvgIpc) is 2.52. The van der Waals surface area contributed by atoms with Crippen molar-refractivity contribution < 1.29 is 4.79 Å². The first-order valence-electron chi connectivity index (χ1n) is 4.14. The Morgan fingerprint density at radius 1 is 1.67 bits per heavy atom. The molecule has 0 fully saturated rings. The molecular weight excluding hydrogens is 150 g/mol. The summed E-state index contributed by atoms with van der Waals surface area (Å²) < 4.78 is 2.19. The highest BCUT2D eigenvalue weighted by Crippen LogP contribution is 2.25. The minimum atomic E-state index is 0.417. The summed E-state index contributed by atoms with van der Waals surface area (Å²) >= 11 is 0. The summed E-state index contributed by atoms with van der Waals surface area (Å²) in [6, 6.07) is 4.45. The van der Waals surface area contributed by atoms with Crippen molar-refractivity contribution in [1.82, 2.24) is 4.57 Å². The molecule has 0 N–H and O–H groups in total. The molecule has 2 nitrogen and oxygen atoms in total. The molecule has 12 heavy (non-hydrogen) atoms. The Hall–Kier alpha value is -1.31. The minimum Gasteiger partial charge on any atom is -0.345 e. The summed E-state index contributed by atoms with van der Waals surface area (Å²) in [5.74, 6) is 0. The van der Waals surface area contributed by atoms with Gasteiger partial charge in [-0.25, -0.2) is 0 Å². The number of allylic oxidation sites excluding steroid dienone is 1. The van der Waals surface area contributed by atoms with Crippen LogP contribution in [0.2, 0.25) is 0 Å². The molecule has 1 unspecified atom stereocenters. The van der Waals surface area contributed by atoms with Crippen molar-refractivity contribution in [2.45, 2.75) is 19.4 Å². The fourth-order valence-corrected chi connectivity index (χ4v) is 1.70. The number of rotatable bonds is 1. The average molecular weight is 161 g/mol. The lowest BCUT2D eigenvalue weighted by Gasteiger charge is -2.20. The van der Waals surface area contributed by atoms with Crippen LogP contribution in [-0.2, 0) is 4.79 Å². The van der Waals surface area contributed by atoms with Crippen molar-refractivity contribution in [1.29, 1.82) is 0 Å². The SMILES string of the molecule is CC1CC(C=O)=Cc2cccn21. The van der Waals surface area contributed by atoms with Gasteiger partial charge in [0.2, 0.25) is 0 Å². The molecule has 0 aliphatic carbocycles. The molecule has 0 amide bonds. The molecule has 1 aromatic heterocycles. The van der Waals surface area contributed by atoms with Crippen molar-refractivity contribution in [3.63, 3.8) is 0 Å². The largest absolute Gasteiger partial charge is 0.345 e. The van der Waals surface area contributed by atoms with Gasteiger partial charge in [-0.2, -0.15) is 0 Å². The van der Waals surface area contributed by atoms with E-state index < -0.39 is 0 Å². The van der Waals surface area contributed by atoms with E-state index in [-0.39, 0.29) is 0 Å². The second kappa shape index (κ2) is 2.63. The number of carbonyl (C=O) groups excluding carboxylic acids is 1. The van der Waals surface area contributed by atoms with Crippen LogP contribution in [0.1, 0.15) is 25.1 Å². The molecule has 2 heteroatoms. The van der Waals surface area contributed by atoms with Crippen LogP contribution in [0, 0.1) is 0 Å². The van der Waals surface area contributed by atoms with Gasteiger partial charge in [0, 0.05) is 17.9 Å². The molecule has 0 aromatic carbocycles. The third-order valence-corrected chi connectivity index (χ3v) is 2.30. The van der Waals surface area contributed by atoms with E-state index in [1.165, 1.54) is 0 Å². The Morgan fingerprint density at radius 3 is 3.25 bits per heavy atom. The second-order valence-electron chi connectivity index (χ2n) is 3.23. The topological polar surface area (TPSA) is 22.0 Å². The van der Waals surface area contributed by atoms with Crippen molar-refractivity contribution in [2.75, 3.05) is 0 Å². The van der Waals surface area contributed by atoms with Crippen molar-refractivity contribution in [2.24, 2.45) is 0 Å². The third-order valence-electron chi connectivity index (χ3n) is 2.30. The van der Waals surface area contributed by atoms with Crippen LogP contribution in [0.25, 0.3) is 6.08 Å². The summed E-state index contributed by atoms with van der Waals surface area (Å²) in [4.78, 5) is 10.6. The molecular formula is C10H11NO. The van der Waals surface area contributed by atoms with E-state index in [1.807, 2.05) is 18.2 Å². The molecule has 0 radical (unpaired) electrons. The maximum atomic E-state index is 10.6. The summed E-state index contributed by atoms with van der Waals surface area (Å²) in [6.07, 6.45) is 5.81. The van der Waals surface area contributed by atoms with Crippen LogP contribution in [0.4, 0.5) is 0 Å². The quantitative estimate of drug-likeness (QED) is 0.578. The first kappa shape index (κ1) is 7.35. The van der Waals surface area contributed by atoms with Gasteiger partial charge in [-0.05, 0) is 37.1 Å². The first-order valence-corrected chi connectivity index (χ1v) is 4.14. The molecule has 62 valence electrons. The second-order valence-corrected chi connectivity index (χ2v) is 3.23. The molecule has 1 atom stereocenters. The Labute approximate surface area is 71.5 Å². The van der Waals surface area contributed by atoms with Crippen LogP contribution in [0.5, 0.6) is 0 Å². The van der Waals surface area contributed by atoms with Gasteiger partial charge in [-0.1, -0.05) is 0 Å². The highest BCUT2D eigenvalue weighted by molar-refractivity contribution is 5.82. The van der Waals surface area contributed by atoms with Crippen LogP contribution >= 0.6 is 0 Å². The van der Waals surface area contributed by atoms with Gasteiger partial charge >= 0.3 is 0 Å². The van der Waals surface area contributed by atoms with Crippen LogP contribution in [0.3, 0.4) is 0 Å². The van der Waals surface area contributed by atoms with Crippen LogP contribution in [0.15, 0.2) is 23.9 Å². The number of fused-ring (bicyclic) bond motifs is 1. The zero-order chi connectivity index (χ0) is 8.55. The van der Waals surface area contributed by atoms with Crippen molar-refractivity contribution in [3.05, 3.63) is 29.6 Å². The van der Waals surface area contributed by atoms with Gasteiger partial charge in [0.05, 0.1) is 0 Å². The predicted octanol–water partition coefficient (Wildman–Crippen LogP) is 2.04. The van der Waals surface area contributed by atoms with E-state index in [2.05, 4.69) is 17.7 Å². The summed E-state index contributed by atoms with van der Waals surface area (Å²) in [5, 5.41) is 0. The number of hydrogen-bond acceptors (Lipinski definition) is 1. The van der Waals surface area contributed by atoms with Gasteiger partial charge < -0.3 is 4.57 Å². The number of carbonyl (C=O) groups is 1. The highest BCUT2D eigenvalue weighted by Gasteiger charge is 2.14. The van der Waals surface area contributed by atoms with Crippen molar-refractivity contribution >= 4 is 12.4 Å². The summed E-state index contributed by atoms with van der Waals surface area (Å²) in [6.45, 7) is 2.12. The number of aromatic nitrogens is 1. The van der Waals surface area contributed by atoms with E-state index in [9.17, 15) is 4.79 Å². The van der Waals surface area contributed by atoms with Gasteiger partial charge in [0.1, 0.15) is 6.29 Å². The molecule has 2 rings (SSSR count). The third kappa shape index (κ3) is 0.998. The van der Waals surface area contributed by atoms with Gasteiger partial charge in [0.25, 0.3) is 0 Å². The van der Waals surface area contributed by atoms with E-state index >= 15 is 0 Å². The normalized spacial score (nSPS) is 21.4. The lowest BCUT2D eigenvalue weighted by Crippen LogP contribution is -2.11. The van der Waals surface area contributed by atoms with E-state index in [0.717, 1.165) is 24.0 Å². The highest BCUT2D eigenvalue weighted by atomic mass is 16.1. The Kier molecular flexibility index (Phi) is 1.61. The molecule has 0 saturated carbocycles. The molecule has 1 aliphatic heterocycles. The summed E-state index contributed by atoms with van der Waals surface area (Å²) in [5.41, 5.74) is 2.03. The Bertz CT molecular complexity index is 335. The zero-order valence-corrected chi connectivity index (χ0v) is 7.03. The van der Waals surface area contributed by atoms with Crippen molar-refractivity contribution in [3.8, 4) is 0 Å². The number of aldehydes is 1. The Balaban J connectivity index is 2.48. The lowest BCUT2D eigenvalue weighted by molar-refractivity contribution is -0.105. The zero-order valence-electron chi connectivity index (χ0n) is 7.03. The first-order chi connectivity index (χ1) is 5.81. The van der Waals surface area contributed by atoms with Crippen LogP contribution < -0.4 is 0 Å². The number of hydrogen-bond donors (Lipinski definition) is 0. The molecule has 0 saturated heterocycles. The maximum Gasteiger partial charge on any atom is 0.146 e. The standard InChI is InChI=1S/C10H11NO/c1-8-5-9(7-12)6-10-3-2-4-11(8)10/h2-4,6-8H,5H2,1H3. The fourth-order valence-electron chi connectivity index (χ4n) is 1.70.